The van der Waals surface area contributed by atoms with Crippen LogP contribution in [0.3, 0.4) is 0 Å². The maximum atomic E-state index is 12.0. The lowest BCUT2D eigenvalue weighted by Crippen LogP contribution is -2.20. The second kappa shape index (κ2) is 6.30. The van der Waals surface area contributed by atoms with Gasteiger partial charge >= 0.3 is 6.18 Å². The minimum Gasteiger partial charge on any atom is -0.467 e. The van der Waals surface area contributed by atoms with Gasteiger partial charge in [0.2, 0.25) is 5.88 Å². The summed E-state index contributed by atoms with van der Waals surface area (Å²) in [6.45, 7) is -1.49. The minimum atomic E-state index is -4.48. The molecule has 7 nitrogen and oxygen atoms in total. The van der Waals surface area contributed by atoms with Crippen LogP contribution in [0, 0.1) is 0 Å². The van der Waals surface area contributed by atoms with Crippen LogP contribution in [0.5, 0.6) is 5.88 Å². The van der Waals surface area contributed by atoms with E-state index in [1.807, 2.05) is 0 Å². The number of ether oxygens (including phenoxy) is 1. The molecule has 120 valence electrons. The number of nitrogens with zero attached hydrogens (tertiary/aromatic N) is 3. The molecule has 0 fully saturated rings. The number of hydrogen-bond donors (Lipinski definition) is 1. The minimum absolute atomic E-state index is 0.110. The fourth-order valence-electron chi connectivity index (χ4n) is 1.54. The van der Waals surface area contributed by atoms with Crippen LogP contribution in [0.1, 0.15) is 11.4 Å². The van der Waals surface area contributed by atoms with E-state index in [2.05, 4.69) is 25.1 Å². The molecule has 0 bridgehead atoms. The van der Waals surface area contributed by atoms with Crippen molar-refractivity contribution in [3.63, 3.8) is 0 Å². The smallest absolute Gasteiger partial charge is 0.422 e. The van der Waals surface area contributed by atoms with Crippen LogP contribution in [0.15, 0.2) is 24.4 Å². The topological polar surface area (TPSA) is 97.8 Å². The van der Waals surface area contributed by atoms with Crippen molar-refractivity contribution in [2.75, 3.05) is 6.61 Å². The van der Waals surface area contributed by atoms with Gasteiger partial charge in [0, 0.05) is 12.3 Å². The lowest BCUT2D eigenvalue weighted by atomic mass is 10.4. The molecule has 0 unspecified atom stereocenters. The number of rotatable bonds is 6. The van der Waals surface area contributed by atoms with Crippen molar-refractivity contribution in [3.8, 4) is 5.88 Å². The van der Waals surface area contributed by atoms with Crippen LogP contribution >= 0.6 is 0 Å². The Bertz CT molecular complexity index is 699. The molecule has 0 aliphatic heterocycles. The van der Waals surface area contributed by atoms with Crippen molar-refractivity contribution in [1.82, 2.24) is 20.4 Å². The molecule has 11 heteroatoms. The molecule has 0 aliphatic carbocycles. The van der Waals surface area contributed by atoms with E-state index in [1.54, 1.807) is 0 Å². The van der Waals surface area contributed by atoms with Crippen LogP contribution in [0.25, 0.3) is 0 Å². The van der Waals surface area contributed by atoms with Gasteiger partial charge in [0.05, 0.1) is 22.9 Å². The summed E-state index contributed by atoms with van der Waals surface area (Å²) in [5.74, 6) is -0.966. The predicted molar refractivity (Wildman–Crippen MR) is 68.5 cm³/mol. The third-order valence-corrected chi connectivity index (χ3v) is 3.87. The second-order valence-electron chi connectivity index (χ2n) is 4.38. The van der Waals surface area contributed by atoms with Crippen molar-refractivity contribution >= 4 is 9.84 Å². The van der Waals surface area contributed by atoms with E-state index >= 15 is 0 Å². The van der Waals surface area contributed by atoms with Gasteiger partial charge in [-0.3, -0.25) is 5.10 Å². The Morgan fingerprint density at radius 1 is 1.14 bits per heavy atom. The fraction of sp³-hybridized carbons (Fsp3) is 0.364. The summed E-state index contributed by atoms with van der Waals surface area (Å²) in [6.07, 6.45) is -3.05. The zero-order valence-electron chi connectivity index (χ0n) is 11.0. The molecule has 0 saturated heterocycles. The van der Waals surface area contributed by atoms with Gasteiger partial charge in [-0.25, -0.2) is 8.42 Å². The van der Waals surface area contributed by atoms with Crippen LogP contribution in [-0.4, -0.2) is 41.6 Å². The molecule has 0 aromatic carbocycles. The predicted octanol–water partition coefficient (Wildman–Crippen LogP) is 1.26. The molecule has 0 spiro atoms. The number of aromatic amines is 1. The zero-order valence-corrected chi connectivity index (χ0v) is 11.9. The van der Waals surface area contributed by atoms with Crippen molar-refractivity contribution in [2.24, 2.45) is 0 Å². The number of sulfone groups is 1. The Morgan fingerprint density at radius 3 is 2.45 bits per heavy atom. The number of nitrogens with one attached hydrogen (secondary N) is 1. The first-order chi connectivity index (χ1) is 10.2. The largest absolute Gasteiger partial charge is 0.467 e. The number of hydrogen-bond acceptors (Lipinski definition) is 6. The molecule has 0 atom stereocenters. The molecule has 0 saturated carbocycles. The summed E-state index contributed by atoms with van der Waals surface area (Å²) in [6, 6.07) is 3.92. The lowest BCUT2D eigenvalue weighted by molar-refractivity contribution is -0.154. The molecule has 2 aromatic heterocycles. The Hall–Kier alpha value is -2.17. The average Bonchev–Trinajstić information content (AvgIpc) is 2.88. The highest BCUT2D eigenvalue weighted by atomic mass is 32.2. The summed E-state index contributed by atoms with van der Waals surface area (Å²) in [5.41, 5.74) is 0.539. The summed E-state index contributed by atoms with van der Waals surface area (Å²) in [5, 5.41) is 13.1. The first-order valence-electron chi connectivity index (χ1n) is 5.94. The molecule has 1 N–H and O–H groups in total. The number of halogens is 3. The van der Waals surface area contributed by atoms with Gasteiger partial charge in [-0.1, -0.05) is 0 Å². The Morgan fingerprint density at radius 2 is 1.91 bits per heavy atom. The van der Waals surface area contributed by atoms with Gasteiger partial charge < -0.3 is 4.74 Å². The Labute approximate surface area is 123 Å². The van der Waals surface area contributed by atoms with E-state index in [-0.39, 0.29) is 17.3 Å². The van der Waals surface area contributed by atoms with E-state index in [0.29, 0.717) is 5.69 Å². The van der Waals surface area contributed by atoms with Gasteiger partial charge in [0.15, 0.2) is 16.4 Å². The highest BCUT2D eigenvalue weighted by molar-refractivity contribution is 7.89. The van der Waals surface area contributed by atoms with E-state index in [4.69, 9.17) is 0 Å². The molecule has 22 heavy (non-hydrogen) atoms. The maximum Gasteiger partial charge on any atom is 0.422 e. The van der Waals surface area contributed by atoms with Crippen LogP contribution in [-0.2, 0) is 21.3 Å². The Balaban J connectivity index is 1.96. The third kappa shape index (κ3) is 5.31. The first kappa shape index (κ1) is 16.2. The molecule has 2 aromatic rings. The molecule has 2 rings (SSSR count). The monoisotopic (exact) mass is 336 g/mol. The van der Waals surface area contributed by atoms with Gasteiger partial charge in [-0.05, 0) is 12.1 Å². The molecule has 0 aliphatic rings. The molecule has 2 heterocycles. The van der Waals surface area contributed by atoms with Crippen molar-refractivity contribution in [1.29, 1.82) is 0 Å². The van der Waals surface area contributed by atoms with Crippen molar-refractivity contribution < 1.29 is 26.3 Å². The summed E-state index contributed by atoms with van der Waals surface area (Å²) in [7, 11) is -3.50. The molecular formula is C11H11F3N4O3S. The fourth-order valence-corrected chi connectivity index (χ4v) is 2.88. The van der Waals surface area contributed by atoms with Crippen molar-refractivity contribution in [3.05, 3.63) is 35.8 Å². The molecule has 0 radical (unpaired) electrons. The highest BCUT2D eigenvalue weighted by Gasteiger charge is 2.28. The molecular weight excluding hydrogens is 325 g/mol. The van der Waals surface area contributed by atoms with Gasteiger partial charge in [-0.2, -0.15) is 23.4 Å². The number of alkyl halides is 3. The van der Waals surface area contributed by atoms with Crippen LogP contribution in [0.2, 0.25) is 0 Å². The first-order valence-corrected chi connectivity index (χ1v) is 7.76. The van der Waals surface area contributed by atoms with Gasteiger partial charge in [0.25, 0.3) is 0 Å². The van der Waals surface area contributed by atoms with E-state index in [0.717, 1.165) is 6.07 Å². The average molecular weight is 336 g/mol. The summed E-state index contributed by atoms with van der Waals surface area (Å²) >= 11 is 0. The van der Waals surface area contributed by atoms with E-state index in [9.17, 15) is 21.6 Å². The van der Waals surface area contributed by atoms with Crippen molar-refractivity contribution in [2.45, 2.75) is 17.7 Å². The lowest BCUT2D eigenvalue weighted by Gasteiger charge is -2.08. The summed E-state index contributed by atoms with van der Waals surface area (Å²) < 4.78 is 64.1. The summed E-state index contributed by atoms with van der Waals surface area (Å²) in [4.78, 5) is 0. The van der Waals surface area contributed by atoms with E-state index < -0.39 is 28.4 Å². The zero-order chi connectivity index (χ0) is 16.2. The SMILES string of the molecule is O=S(=O)(Cc1ccc(OCC(F)(F)F)nn1)Cc1ccn[nH]1. The number of aromatic nitrogens is 4. The maximum absolute atomic E-state index is 12.0. The quantitative estimate of drug-likeness (QED) is 0.853. The van der Waals surface area contributed by atoms with E-state index in [1.165, 1.54) is 18.3 Å². The Kier molecular flexibility index (Phi) is 4.64. The number of H-pyrrole nitrogens is 1. The van der Waals surface area contributed by atoms with Crippen LogP contribution in [0.4, 0.5) is 13.2 Å². The third-order valence-electron chi connectivity index (χ3n) is 2.38. The standard InChI is InChI=1S/C11H11F3N4O3S/c12-11(13,14)7-21-10-2-1-8(17-18-10)5-22(19,20)6-9-3-4-15-16-9/h1-4H,5-7H2,(H,15,16). The highest BCUT2D eigenvalue weighted by Crippen LogP contribution is 2.17. The van der Waals surface area contributed by atoms with Gasteiger partial charge in [0.1, 0.15) is 0 Å². The van der Waals surface area contributed by atoms with Crippen LogP contribution < -0.4 is 4.74 Å². The van der Waals surface area contributed by atoms with Gasteiger partial charge in [-0.15, -0.1) is 5.10 Å². The second-order valence-corrected chi connectivity index (χ2v) is 6.45. The molecule has 0 amide bonds. The normalized spacial score (nSPS) is 12.3.